The smallest absolute Gasteiger partial charge is 0.316 e. The lowest BCUT2D eigenvalue weighted by Gasteiger charge is -2.35. The van der Waals surface area contributed by atoms with E-state index in [9.17, 15) is 9.59 Å². The Morgan fingerprint density at radius 2 is 1.70 bits per heavy atom. The Morgan fingerprint density at radius 1 is 1.10 bits per heavy atom. The van der Waals surface area contributed by atoms with Gasteiger partial charge < -0.3 is 21.3 Å². The van der Waals surface area contributed by atoms with Crippen LogP contribution < -0.4 is 16.4 Å². The van der Waals surface area contributed by atoms with Crippen molar-refractivity contribution in [2.24, 2.45) is 11.1 Å². The van der Waals surface area contributed by atoms with Gasteiger partial charge in [-0.3, -0.25) is 4.79 Å². The molecule has 3 amide bonds. The number of nitrogens with two attached hydrogens (primary N) is 1. The number of carbonyl (C=O) groups is 2. The molecule has 0 aliphatic heterocycles. The molecule has 0 atom stereocenters. The van der Waals surface area contributed by atoms with Gasteiger partial charge in [0.15, 0.2) is 0 Å². The van der Waals surface area contributed by atoms with Crippen LogP contribution in [0.3, 0.4) is 0 Å². The first-order valence-corrected chi connectivity index (χ1v) is 7.41. The van der Waals surface area contributed by atoms with Gasteiger partial charge in [0.2, 0.25) is 5.91 Å². The normalized spacial score (nSPS) is 17.4. The van der Waals surface area contributed by atoms with E-state index in [1.807, 2.05) is 0 Å². The fourth-order valence-corrected chi connectivity index (χ4v) is 2.69. The largest absolute Gasteiger partial charge is 0.354 e. The highest BCUT2D eigenvalue weighted by molar-refractivity contribution is 5.77. The standard InChI is InChI=1S/C14H28N4O2/c1-18(2)13(20)17-9-8-16-12(19)10-14(11-15)6-4-3-5-7-14/h3-11,15H2,1-2H3,(H,16,19)(H,17,20). The zero-order valence-corrected chi connectivity index (χ0v) is 12.7. The summed E-state index contributed by atoms with van der Waals surface area (Å²) < 4.78 is 0. The molecule has 1 aliphatic carbocycles. The molecular formula is C14H28N4O2. The SMILES string of the molecule is CN(C)C(=O)NCCNC(=O)CC1(CN)CCCCC1. The Morgan fingerprint density at radius 3 is 2.25 bits per heavy atom. The number of carbonyl (C=O) groups excluding carboxylic acids is 2. The number of hydrogen-bond acceptors (Lipinski definition) is 3. The lowest BCUT2D eigenvalue weighted by Crippen LogP contribution is -2.42. The van der Waals surface area contributed by atoms with Crippen molar-refractivity contribution < 1.29 is 9.59 Å². The Kier molecular flexibility index (Phi) is 6.78. The maximum atomic E-state index is 12.0. The van der Waals surface area contributed by atoms with Gasteiger partial charge in [-0.15, -0.1) is 0 Å². The Hall–Kier alpha value is -1.30. The van der Waals surface area contributed by atoms with Gasteiger partial charge in [0.1, 0.15) is 0 Å². The molecule has 0 heterocycles. The molecule has 0 radical (unpaired) electrons. The van der Waals surface area contributed by atoms with Gasteiger partial charge in [0.05, 0.1) is 0 Å². The van der Waals surface area contributed by atoms with E-state index in [-0.39, 0.29) is 17.4 Å². The average molecular weight is 284 g/mol. The summed E-state index contributed by atoms with van der Waals surface area (Å²) >= 11 is 0. The van der Waals surface area contributed by atoms with Crippen molar-refractivity contribution >= 4 is 11.9 Å². The summed E-state index contributed by atoms with van der Waals surface area (Å²) in [6.45, 7) is 1.48. The van der Waals surface area contributed by atoms with Gasteiger partial charge in [0.25, 0.3) is 0 Å². The monoisotopic (exact) mass is 284 g/mol. The van der Waals surface area contributed by atoms with Crippen LogP contribution in [0.1, 0.15) is 38.5 Å². The van der Waals surface area contributed by atoms with Crippen molar-refractivity contribution in [1.29, 1.82) is 0 Å². The second-order valence-electron chi connectivity index (χ2n) is 5.92. The molecule has 6 nitrogen and oxygen atoms in total. The summed E-state index contributed by atoms with van der Waals surface area (Å²) in [5.41, 5.74) is 5.87. The number of rotatable bonds is 6. The molecule has 1 rings (SSSR count). The van der Waals surface area contributed by atoms with E-state index in [2.05, 4.69) is 10.6 Å². The molecule has 0 bridgehead atoms. The van der Waals surface area contributed by atoms with Crippen molar-refractivity contribution in [3.63, 3.8) is 0 Å². The van der Waals surface area contributed by atoms with Gasteiger partial charge in [0, 0.05) is 33.6 Å². The van der Waals surface area contributed by atoms with Crippen molar-refractivity contribution in [2.45, 2.75) is 38.5 Å². The lowest BCUT2D eigenvalue weighted by molar-refractivity contribution is -0.123. The predicted octanol–water partition coefficient (Wildman–Crippen LogP) is 0.673. The fourth-order valence-electron chi connectivity index (χ4n) is 2.69. The fraction of sp³-hybridized carbons (Fsp3) is 0.857. The second-order valence-corrected chi connectivity index (χ2v) is 5.92. The number of amides is 3. The molecule has 0 aromatic heterocycles. The van der Waals surface area contributed by atoms with Gasteiger partial charge in [-0.05, 0) is 24.8 Å². The summed E-state index contributed by atoms with van der Waals surface area (Å²) in [5.74, 6) is 0.0384. The maximum Gasteiger partial charge on any atom is 0.316 e. The number of nitrogens with zero attached hydrogens (tertiary/aromatic N) is 1. The number of urea groups is 1. The maximum absolute atomic E-state index is 12.0. The molecule has 20 heavy (non-hydrogen) atoms. The third kappa shape index (κ3) is 5.36. The van der Waals surface area contributed by atoms with Gasteiger partial charge >= 0.3 is 6.03 Å². The minimum atomic E-state index is -0.148. The highest BCUT2D eigenvalue weighted by Crippen LogP contribution is 2.38. The molecule has 116 valence electrons. The van der Waals surface area contributed by atoms with Crippen LogP contribution >= 0.6 is 0 Å². The van der Waals surface area contributed by atoms with E-state index >= 15 is 0 Å². The zero-order chi connectivity index (χ0) is 15.0. The zero-order valence-electron chi connectivity index (χ0n) is 12.7. The molecule has 0 spiro atoms. The van der Waals surface area contributed by atoms with E-state index in [4.69, 9.17) is 5.73 Å². The first kappa shape index (κ1) is 16.8. The molecule has 0 aromatic rings. The lowest BCUT2D eigenvalue weighted by atomic mass is 9.71. The van der Waals surface area contributed by atoms with E-state index in [1.165, 1.54) is 24.2 Å². The van der Waals surface area contributed by atoms with E-state index in [0.29, 0.717) is 26.1 Å². The molecule has 0 unspecified atom stereocenters. The van der Waals surface area contributed by atoms with Crippen LogP contribution in [0, 0.1) is 5.41 Å². The van der Waals surface area contributed by atoms with Gasteiger partial charge in [-0.2, -0.15) is 0 Å². The highest BCUT2D eigenvalue weighted by atomic mass is 16.2. The molecular weight excluding hydrogens is 256 g/mol. The molecule has 0 saturated heterocycles. The molecule has 4 N–H and O–H groups in total. The molecule has 0 aromatic carbocycles. The first-order chi connectivity index (χ1) is 9.49. The quantitative estimate of drug-likeness (QED) is 0.627. The first-order valence-electron chi connectivity index (χ1n) is 7.41. The van der Waals surface area contributed by atoms with Crippen molar-refractivity contribution in [3.05, 3.63) is 0 Å². The van der Waals surface area contributed by atoms with Crippen LogP contribution in [0.15, 0.2) is 0 Å². The molecule has 1 aliphatic rings. The van der Waals surface area contributed by atoms with Crippen molar-refractivity contribution in [2.75, 3.05) is 33.7 Å². The Labute approximate surface area is 121 Å². The van der Waals surface area contributed by atoms with Crippen LogP contribution in [0.25, 0.3) is 0 Å². The van der Waals surface area contributed by atoms with Crippen LogP contribution in [0.2, 0.25) is 0 Å². The molecule has 6 heteroatoms. The van der Waals surface area contributed by atoms with Crippen LogP contribution in [0.4, 0.5) is 4.79 Å². The minimum absolute atomic E-state index is 0.00474. The Bertz CT molecular complexity index is 325. The second kappa shape index (κ2) is 8.09. The highest BCUT2D eigenvalue weighted by Gasteiger charge is 2.32. The van der Waals surface area contributed by atoms with Gasteiger partial charge in [-0.1, -0.05) is 19.3 Å². The van der Waals surface area contributed by atoms with E-state index in [1.54, 1.807) is 14.1 Å². The van der Waals surface area contributed by atoms with E-state index < -0.39 is 0 Å². The average Bonchev–Trinajstić information content (AvgIpc) is 2.44. The third-order valence-electron chi connectivity index (χ3n) is 4.01. The minimum Gasteiger partial charge on any atom is -0.354 e. The van der Waals surface area contributed by atoms with Crippen molar-refractivity contribution in [1.82, 2.24) is 15.5 Å². The summed E-state index contributed by atoms with van der Waals surface area (Å²) in [6, 6.07) is -0.148. The number of nitrogens with one attached hydrogen (secondary N) is 2. The van der Waals surface area contributed by atoms with Crippen LogP contribution in [-0.4, -0.2) is 50.6 Å². The topological polar surface area (TPSA) is 87.5 Å². The summed E-state index contributed by atoms with van der Waals surface area (Å²) in [5, 5.41) is 5.57. The third-order valence-corrected chi connectivity index (χ3v) is 4.01. The summed E-state index contributed by atoms with van der Waals surface area (Å²) in [7, 11) is 3.37. The predicted molar refractivity (Wildman–Crippen MR) is 79.3 cm³/mol. The summed E-state index contributed by atoms with van der Waals surface area (Å²) in [6.07, 6.45) is 6.19. The van der Waals surface area contributed by atoms with Gasteiger partial charge in [-0.25, -0.2) is 4.79 Å². The summed E-state index contributed by atoms with van der Waals surface area (Å²) in [4.78, 5) is 24.7. The Balaban J connectivity index is 2.24. The number of hydrogen-bond donors (Lipinski definition) is 3. The van der Waals surface area contributed by atoms with Crippen molar-refractivity contribution in [3.8, 4) is 0 Å². The molecule has 1 fully saturated rings. The van der Waals surface area contributed by atoms with E-state index in [0.717, 1.165) is 12.8 Å². The van der Waals surface area contributed by atoms with Crippen LogP contribution in [-0.2, 0) is 4.79 Å². The molecule has 1 saturated carbocycles. The van der Waals surface area contributed by atoms with Crippen LogP contribution in [0.5, 0.6) is 0 Å².